The van der Waals surface area contributed by atoms with E-state index in [1.807, 2.05) is 55.5 Å². The lowest BCUT2D eigenvalue weighted by Gasteiger charge is -2.09. The van der Waals surface area contributed by atoms with Crippen molar-refractivity contribution >= 4 is 22.5 Å². The Balaban J connectivity index is 1.85. The Hall–Kier alpha value is -2.75. The van der Waals surface area contributed by atoms with Crippen molar-refractivity contribution in [1.82, 2.24) is 4.98 Å². The molecule has 0 saturated carbocycles. The van der Waals surface area contributed by atoms with Gasteiger partial charge in [-0.25, -0.2) is 0 Å². The van der Waals surface area contributed by atoms with Crippen LogP contribution in [-0.2, 0) is 0 Å². The van der Waals surface area contributed by atoms with Gasteiger partial charge in [-0.15, -0.1) is 0 Å². The van der Waals surface area contributed by atoms with Gasteiger partial charge in [0.15, 0.2) is 0 Å². The lowest BCUT2D eigenvalue weighted by atomic mass is 10.2. The van der Waals surface area contributed by atoms with Crippen molar-refractivity contribution in [2.45, 2.75) is 6.92 Å². The van der Waals surface area contributed by atoms with Gasteiger partial charge in [0.2, 0.25) is 0 Å². The summed E-state index contributed by atoms with van der Waals surface area (Å²) in [6.07, 6.45) is 0. The van der Waals surface area contributed by atoms with Crippen molar-refractivity contribution < 1.29 is 9.53 Å². The van der Waals surface area contributed by atoms with Gasteiger partial charge in [0.1, 0.15) is 11.4 Å². The largest absolute Gasteiger partial charge is 0.497 e. The number of nitrogens with one attached hydrogen (secondary N) is 2. The molecule has 1 heterocycles. The van der Waals surface area contributed by atoms with Gasteiger partial charge in [-0.1, -0.05) is 18.2 Å². The summed E-state index contributed by atoms with van der Waals surface area (Å²) in [4.78, 5) is 15.4. The van der Waals surface area contributed by atoms with E-state index in [4.69, 9.17) is 4.74 Å². The molecule has 4 nitrogen and oxygen atoms in total. The molecule has 0 radical (unpaired) electrons. The second-order valence-electron chi connectivity index (χ2n) is 4.91. The van der Waals surface area contributed by atoms with Crippen molar-refractivity contribution in [2.75, 3.05) is 12.4 Å². The predicted octanol–water partition coefficient (Wildman–Crippen LogP) is 3.74. The summed E-state index contributed by atoms with van der Waals surface area (Å²) < 4.78 is 5.16. The van der Waals surface area contributed by atoms with Crippen LogP contribution in [0.4, 0.5) is 5.69 Å². The third-order valence-corrected chi connectivity index (χ3v) is 3.46. The minimum absolute atomic E-state index is 0.153. The monoisotopic (exact) mass is 280 g/mol. The first-order valence-corrected chi connectivity index (χ1v) is 6.71. The first-order valence-electron chi connectivity index (χ1n) is 6.71. The number of amides is 1. The molecular formula is C17H16N2O2. The number of H-pyrrole nitrogens is 1. The van der Waals surface area contributed by atoms with Crippen molar-refractivity contribution in [1.29, 1.82) is 0 Å². The van der Waals surface area contributed by atoms with E-state index in [1.165, 1.54) is 0 Å². The summed E-state index contributed by atoms with van der Waals surface area (Å²) >= 11 is 0. The van der Waals surface area contributed by atoms with Crippen LogP contribution in [0.1, 0.15) is 16.1 Å². The highest BCUT2D eigenvalue weighted by molar-refractivity contribution is 6.06. The molecule has 0 saturated heterocycles. The van der Waals surface area contributed by atoms with E-state index in [-0.39, 0.29) is 5.91 Å². The zero-order chi connectivity index (χ0) is 14.8. The molecule has 2 N–H and O–H groups in total. The fourth-order valence-electron chi connectivity index (χ4n) is 2.29. The Bertz CT molecular complexity index is 772. The molecule has 0 aliphatic heterocycles. The third kappa shape index (κ3) is 2.60. The minimum Gasteiger partial charge on any atom is -0.497 e. The first-order chi connectivity index (χ1) is 10.2. The van der Waals surface area contributed by atoms with Crippen molar-refractivity contribution in [3.8, 4) is 5.75 Å². The number of methoxy groups -OCH3 is 1. The number of ether oxygens (including phenoxy) is 1. The molecule has 0 aliphatic rings. The van der Waals surface area contributed by atoms with E-state index >= 15 is 0 Å². The first kappa shape index (κ1) is 13.2. The number of para-hydroxylation sites is 1. The molecule has 21 heavy (non-hydrogen) atoms. The average molecular weight is 280 g/mol. The Morgan fingerprint density at radius 2 is 1.95 bits per heavy atom. The highest BCUT2D eigenvalue weighted by atomic mass is 16.5. The van der Waals surface area contributed by atoms with E-state index in [0.29, 0.717) is 5.69 Å². The summed E-state index contributed by atoms with van der Waals surface area (Å²) in [5.41, 5.74) is 3.23. The molecule has 3 rings (SSSR count). The van der Waals surface area contributed by atoms with Crippen LogP contribution in [0, 0.1) is 6.92 Å². The second-order valence-corrected chi connectivity index (χ2v) is 4.91. The van der Waals surface area contributed by atoms with Crippen LogP contribution >= 0.6 is 0 Å². The second kappa shape index (κ2) is 5.32. The van der Waals surface area contributed by atoms with Crippen LogP contribution < -0.4 is 10.1 Å². The summed E-state index contributed by atoms with van der Waals surface area (Å²) in [7, 11) is 1.62. The number of aromatic nitrogens is 1. The number of anilines is 1. The van der Waals surface area contributed by atoms with E-state index in [1.54, 1.807) is 7.11 Å². The lowest BCUT2D eigenvalue weighted by Crippen LogP contribution is -2.13. The molecule has 0 aliphatic carbocycles. The zero-order valence-corrected chi connectivity index (χ0v) is 11.9. The quantitative estimate of drug-likeness (QED) is 0.768. The Kier molecular flexibility index (Phi) is 3.36. The van der Waals surface area contributed by atoms with Gasteiger partial charge in [-0.3, -0.25) is 4.79 Å². The summed E-state index contributed by atoms with van der Waals surface area (Å²) in [6.45, 7) is 1.93. The normalized spacial score (nSPS) is 10.6. The van der Waals surface area contributed by atoms with Gasteiger partial charge >= 0.3 is 0 Å². The maximum absolute atomic E-state index is 12.3. The number of hydrogen-bond acceptors (Lipinski definition) is 2. The van der Waals surface area contributed by atoms with Crippen LogP contribution in [0.5, 0.6) is 5.75 Å². The Labute approximate surface area is 122 Å². The van der Waals surface area contributed by atoms with Crippen LogP contribution in [0.2, 0.25) is 0 Å². The molecular weight excluding hydrogens is 264 g/mol. The number of hydrogen-bond donors (Lipinski definition) is 2. The standard InChI is InChI=1S/C17H16N2O2/c1-11-9-13(21-2)7-8-14(11)19-17(20)16-10-12-5-3-4-6-15(12)18-16/h3-10,18H,1-2H3,(H,19,20). The lowest BCUT2D eigenvalue weighted by molar-refractivity contribution is 0.102. The Morgan fingerprint density at radius 1 is 1.14 bits per heavy atom. The molecule has 0 fully saturated rings. The van der Waals surface area contributed by atoms with Crippen molar-refractivity contribution in [3.05, 3.63) is 59.8 Å². The number of aromatic amines is 1. The van der Waals surface area contributed by atoms with Gasteiger partial charge in [-0.05, 0) is 42.8 Å². The van der Waals surface area contributed by atoms with Gasteiger partial charge in [0, 0.05) is 16.6 Å². The number of carbonyl (C=O) groups is 1. The third-order valence-electron chi connectivity index (χ3n) is 3.46. The van der Waals surface area contributed by atoms with E-state index in [2.05, 4.69) is 10.3 Å². The number of benzene rings is 2. The molecule has 0 unspecified atom stereocenters. The SMILES string of the molecule is COc1ccc(NC(=O)c2cc3ccccc3[nH]2)c(C)c1. The molecule has 1 aromatic heterocycles. The summed E-state index contributed by atoms with van der Waals surface area (Å²) in [5.74, 6) is 0.621. The van der Waals surface area contributed by atoms with Crippen molar-refractivity contribution in [2.24, 2.45) is 0 Å². The highest BCUT2D eigenvalue weighted by Crippen LogP contribution is 2.22. The molecule has 0 atom stereocenters. The minimum atomic E-state index is -0.153. The molecule has 4 heteroatoms. The van der Waals surface area contributed by atoms with Gasteiger partial charge in [0.25, 0.3) is 5.91 Å². The molecule has 106 valence electrons. The fraction of sp³-hybridized carbons (Fsp3) is 0.118. The molecule has 2 aromatic carbocycles. The van der Waals surface area contributed by atoms with Crippen molar-refractivity contribution in [3.63, 3.8) is 0 Å². The fourth-order valence-corrected chi connectivity index (χ4v) is 2.29. The Morgan fingerprint density at radius 3 is 2.67 bits per heavy atom. The summed E-state index contributed by atoms with van der Waals surface area (Å²) in [5, 5.41) is 3.94. The topological polar surface area (TPSA) is 54.1 Å². The van der Waals surface area contributed by atoms with E-state index in [0.717, 1.165) is 27.9 Å². The smallest absolute Gasteiger partial charge is 0.272 e. The van der Waals surface area contributed by atoms with E-state index < -0.39 is 0 Å². The highest BCUT2D eigenvalue weighted by Gasteiger charge is 2.11. The van der Waals surface area contributed by atoms with Crippen LogP contribution in [0.25, 0.3) is 10.9 Å². The molecule has 0 spiro atoms. The number of fused-ring (bicyclic) bond motifs is 1. The van der Waals surface area contributed by atoms with E-state index in [9.17, 15) is 4.79 Å². The van der Waals surface area contributed by atoms with Crippen LogP contribution in [0.15, 0.2) is 48.5 Å². The maximum atomic E-state index is 12.3. The van der Waals surface area contributed by atoms with Crippen LogP contribution in [-0.4, -0.2) is 18.0 Å². The number of rotatable bonds is 3. The molecule has 3 aromatic rings. The van der Waals surface area contributed by atoms with Gasteiger partial charge in [-0.2, -0.15) is 0 Å². The maximum Gasteiger partial charge on any atom is 0.272 e. The average Bonchev–Trinajstić information content (AvgIpc) is 2.93. The van der Waals surface area contributed by atoms with Gasteiger partial charge in [0.05, 0.1) is 7.11 Å². The number of carbonyl (C=O) groups excluding carboxylic acids is 1. The number of aryl methyl sites for hydroxylation is 1. The summed E-state index contributed by atoms with van der Waals surface area (Å²) in [6, 6.07) is 15.2. The molecule has 0 bridgehead atoms. The molecule has 1 amide bonds. The van der Waals surface area contributed by atoms with Gasteiger partial charge < -0.3 is 15.0 Å². The predicted molar refractivity (Wildman–Crippen MR) is 84.0 cm³/mol. The zero-order valence-electron chi connectivity index (χ0n) is 11.9. The van der Waals surface area contributed by atoms with Crippen LogP contribution in [0.3, 0.4) is 0 Å².